The van der Waals surface area contributed by atoms with E-state index in [0.717, 1.165) is 35.3 Å². The van der Waals surface area contributed by atoms with E-state index in [1.807, 2.05) is 0 Å². The zero-order valence-corrected chi connectivity index (χ0v) is 19.0. The molecule has 180 valence electrons. The van der Waals surface area contributed by atoms with Gasteiger partial charge in [-0.05, 0) is 56.3 Å². The van der Waals surface area contributed by atoms with Gasteiger partial charge in [-0.1, -0.05) is 6.07 Å². The van der Waals surface area contributed by atoms with Crippen LogP contribution in [0.3, 0.4) is 0 Å². The van der Waals surface area contributed by atoms with E-state index in [1.165, 1.54) is 23.0 Å². The molecular formula is C25H22F3N5O2. The zero-order valence-electron chi connectivity index (χ0n) is 19.0. The highest BCUT2D eigenvalue weighted by Gasteiger charge is 2.30. The Morgan fingerprint density at radius 3 is 2.69 bits per heavy atom. The van der Waals surface area contributed by atoms with Gasteiger partial charge in [0.2, 0.25) is 5.88 Å². The van der Waals surface area contributed by atoms with Gasteiger partial charge in [0.25, 0.3) is 0 Å². The van der Waals surface area contributed by atoms with E-state index in [9.17, 15) is 18.0 Å². The summed E-state index contributed by atoms with van der Waals surface area (Å²) >= 11 is 0. The van der Waals surface area contributed by atoms with E-state index in [-0.39, 0.29) is 5.69 Å². The second-order valence-electron chi connectivity index (χ2n) is 8.62. The van der Waals surface area contributed by atoms with Gasteiger partial charge >= 0.3 is 12.2 Å². The number of halogens is 3. The molecule has 35 heavy (non-hydrogen) atoms. The lowest BCUT2D eigenvalue weighted by molar-refractivity contribution is -0.137. The minimum absolute atomic E-state index is 0.0553. The fraction of sp³-hybridized carbons (Fsp3) is 0.240. The molecule has 1 aliphatic heterocycles. The van der Waals surface area contributed by atoms with Crippen LogP contribution in [0.25, 0.3) is 10.9 Å². The molecule has 0 saturated carbocycles. The second-order valence-corrected chi connectivity index (χ2v) is 8.62. The topological polar surface area (TPSA) is 72.3 Å². The first-order valence-electron chi connectivity index (χ1n) is 11.0. The van der Waals surface area contributed by atoms with Crippen molar-refractivity contribution in [1.82, 2.24) is 19.4 Å². The number of aromatic nitrogens is 3. The van der Waals surface area contributed by atoms with Gasteiger partial charge in [0, 0.05) is 36.4 Å². The van der Waals surface area contributed by atoms with Crippen molar-refractivity contribution in [2.45, 2.75) is 39.2 Å². The molecule has 1 aliphatic rings. The van der Waals surface area contributed by atoms with Crippen LogP contribution in [-0.4, -0.2) is 31.5 Å². The van der Waals surface area contributed by atoms with Crippen LogP contribution in [0.15, 0.2) is 61.1 Å². The van der Waals surface area contributed by atoms with Gasteiger partial charge in [0.15, 0.2) is 0 Å². The van der Waals surface area contributed by atoms with Crippen molar-refractivity contribution in [3.05, 3.63) is 77.9 Å². The van der Waals surface area contributed by atoms with E-state index in [2.05, 4.69) is 34.0 Å². The van der Waals surface area contributed by atoms with Crippen molar-refractivity contribution < 1.29 is 22.7 Å². The van der Waals surface area contributed by atoms with Crippen LogP contribution in [0.1, 0.15) is 30.7 Å². The summed E-state index contributed by atoms with van der Waals surface area (Å²) in [5, 5.41) is 3.25. The quantitative estimate of drug-likeness (QED) is 0.384. The van der Waals surface area contributed by atoms with E-state index < -0.39 is 17.8 Å². The molecule has 0 saturated heterocycles. The van der Waals surface area contributed by atoms with Gasteiger partial charge in [0.1, 0.15) is 12.1 Å². The van der Waals surface area contributed by atoms with Gasteiger partial charge in [-0.2, -0.15) is 13.2 Å². The van der Waals surface area contributed by atoms with Crippen molar-refractivity contribution in [3.63, 3.8) is 0 Å². The number of fused-ring (bicyclic) bond motifs is 2. The third-order valence-electron chi connectivity index (χ3n) is 5.98. The number of nitrogens with one attached hydrogen (secondary N) is 1. The van der Waals surface area contributed by atoms with Gasteiger partial charge < -0.3 is 10.1 Å². The molecule has 0 unspecified atom stereocenters. The highest BCUT2D eigenvalue weighted by atomic mass is 19.4. The van der Waals surface area contributed by atoms with Crippen molar-refractivity contribution in [1.29, 1.82) is 0 Å². The predicted octanol–water partition coefficient (Wildman–Crippen LogP) is 6.05. The first-order valence-corrected chi connectivity index (χ1v) is 11.0. The number of amides is 1. The first-order chi connectivity index (χ1) is 16.7. The smallest absolute Gasteiger partial charge is 0.416 e. The van der Waals surface area contributed by atoms with Crippen molar-refractivity contribution in [3.8, 4) is 11.6 Å². The highest BCUT2D eigenvalue weighted by molar-refractivity contribution is 5.98. The molecule has 0 radical (unpaired) electrons. The van der Waals surface area contributed by atoms with Crippen LogP contribution in [0.2, 0.25) is 0 Å². The number of carbonyl (C=O) groups is 1. The number of hydrogen-bond acceptors (Lipinski definition) is 5. The molecule has 7 nitrogen and oxygen atoms in total. The highest BCUT2D eigenvalue weighted by Crippen LogP contribution is 2.33. The Labute approximate surface area is 199 Å². The maximum Gasteiger partial charge on any atom is 0.416 e. The molecule has 0 atom stereocenters. The van der Waals surface area contributed by atoms with Crippen LogP contribution in [0.4, 0.5) is 23.7 Å². The lowest BCUT2D eigenvalue weighted by Crippen LogP contribution is -2.24. The molecule has 3 heterocycles. The molecule has 2 aromatic heterocycles. The Bertz CT molecular complexity index is 1410. The first kappa shape index (κ1) is 22.9. The normalized spacial score (nSPS) is 13.9. The fourth-order valence-electron chi connectivity index (χ4n) is 4.06. The monoisotopic (exact) mass is 481 g/mol. The summed E-state index contributed by atoms with van der Waals surface area (Å²) in [7, 11) is 0. The largest absolute Gasteiger partial charge is 0.439 e. The molecule has 2 aromatic carbocycles. The van der Waals surface area contributed by atoms with Gasteiger partial charge in [-0.15, -0.1) is 0 Å². The molecule has 0 aliphatic carbocycles. The number of carbonyl (C=O) groups excluding carboxylic acids is 1. The molecule has 1 N–H and O–H groups in total. The summed E-state index contributed by atoms with van der Waals surface area (Å²) in [5.41, 5.74) is 1.71. The Kier molecular flexibility index (Phi) is 5.68. The van der Waals surface area contributed by atoms with Crippen molar-refractivity contribution in [2.24, 2.45) is 0 Å². The Morgan fingerprint density at radius 1 is 1.09 bits per heavy atom. The molecule has 10 heteroatoms. The predicted molar refractivity (Wildman–Crippen MR) is 124 cm³/mol. The number of ether oxygens (including phenoxy) is 1. The maximum absolute atomic E-state index is 13.0. The standard InChI is InChI=1S/C25H22F3N5O2/c1-15(2)32-12-20-21(13-32)29-14-30-23(20)35-19-6-7-22-16(10-19)8-9-33(22)24(34)31-18-5-3-4-17(11-18)25(26,27)28/h3-11,14-15H,12-13H2,1-2H3,(H,31,34). The van der Waals surface area contributed by atoms with Crippen LogP contribution in [-0.2, 0) is 19.3 Å². The maximum atomic E-state index is 13.0. The second kappa shape index (κ2) is 8.70. The summed E-state index contributed by atoms with van der Waals surface area (Å²) in [4.78, 5) is 23.7. The van der Waals surface area contributed by atoms with E-state index in [4.69, 9.17) is 4.74 Å². The fourth-order valence-corrected chi connectivity index (χ4v) is 4.06. The average Bonchev–Trinajstić information content (AvgIpc) is 3.44. The number of benzene rings is 2. The number of anilines is 1. The Balaban J connectivity index is 1.36. The zero-order chi connectivity index (χ0) is 24.7. The lowest BCUT2D eigenvalue weighted by Gasteiger charge is -2.18. The number of alkyl halides is 3. The molecule has 0 spiro atoms. The summed E-state index contributed by atoms with van der Waals surface area (Å²) in [6, 6.07) is 11.3. The summed E-state index contributed by atoms with van der Waals surface area (Å²) < 4.78 is 46.3. The van der Waals surface area contributed by atoms with Gasteiger partial charge in [-0.3, -0.25) is 9.47 Å². The van der Waals surface area contributed by atoms with E-state index >= 15 is 0 Å². The van der Waals surface area contributed by atoms with Crippen LogP contribution >= 0.6 is 0 Å². The van der Waals surface area contributed by atoms with Gasteiger partial charge in [-0.25, -0.2) is 14.8 Å². The van der Waals surface area contributed by atoms with Crippen molar-refractivity contribution in [2.75, 3.05) is 5.32 Å². The third-order valence-corrected chi connectivity index (χ3v) is 5.98. The number of nitrogens with zero attached hydrogens (tertiary/aromatic N) is 4. The van der Waals surface area contributed by atoms with Crippen molar-refractivity contribution >= 4 is 22.6 Å². The van der Waals surface area contributed by atoms with Crippen LogP contribution < -0.4 is 10.1 Å². The average molecular weight is 481 g/mol. The molecular weight excluding hydrogens is 459 g/mol. The Hall–Kier alpha value is -3.92. The summed E-state index contributed by atoms with van der Waals surface area (Å²) in [6.45, 7) is 5.70. The molecule has 0 bridgehead atoms. The summed E-state index contributed by atoms with van der Waals surface area (Å²) in [6.07, 6.45) is -1.44. The third kappa shape index (κ3) is 4.57. The minimum Gasteiger partial charge on any atom is -0.439 e. The molecule has 1 amide bonds. The summed E-state index contributed by atoms with van der Waals surface area (Å²) in [5.74, 6) is 1.05. The lowest BCUT2D eigenvalue weighted by atomic mass is 10.2. The SMILES string of the molecule is CC(C)N1Cc2ncnc(Oc3ccc4c(ccn4C(=O)Nc4cccc(C(F)(F)F)c4)c3)c2C1. The van der Waals surface area contributed by atoms with Gasteiger partial charge in [0.05, 0.1) is 22.3 Å². The van der Waals surface area contributed by atoms with Crippen LogP contribution in [0, 0.1) is 0 Å². The van der Waals surface area contributed by atoms with E-state index in [0.29, 0.717) is 29.7 Å². The van der Waals surface area contributed by atoms with E-state index in [1.54, 1.807) is 30.5 Å². The number of rotatable bonds is 4. The van der Waals surface area contributed by atoms with Crippen LogP contribution in [0.5, 0.6) is 11.6 Å². The molecule has 4 aromatic rings. The number of hydrogen-bond donors (Lipinski definition) is 1. The Morgan fingerprint density at radius 2 is 1.91 bits per heavy atom. The molecule has 5 rings (SSSR count). The minimum atomic E-state index is -4.49. The molecule has 0 fully saturated rings.